The van der Waals surface area contributed by atoms with Crippen LogP contribution < -0.4 is 5.32 Å². The summed E-state index contributed by atoms with van der Waals surface area (Å²) < 4.78 is 44.5. The number of alkyl carbamates (subject to hydrolysis) is 1. The average molecular weight is 429 g/mol. The number of nitrogens with one attached hydrogen (secondary N) is 1. The van der Waals surface area contributed by atoms with Crippen molar-refractivity contribution in [2.75, 3.05) is 32.7 Å². The lowest BCUT2D eigenvalue weighted by Gasteiger charge is -2.35. The van der Waals surface area contributed by atoms with Crippen molar-refractivity contribution in [1.29, 1.82) is 0 Å². The van der Waals surface area contributed by atoms with Gasteiger partial charge in [0.05, 0.1) is 11.1 Å². The largest absolute Gasteiger partial charge is 0.444 e. The summed E-state index contributed by atoms with van der Waals surface area (Å²) >= 11 is 0. The predicted molar refractivity (Wildman–Crippen MR) is 103 cm³/mol. The van der Waals surface area contributed by atoms with Gasteiger partial charge < -0.3 is 19.9 Å². The van der Waals surface area contributed by atoms with Crippen LogP contribution in [0.5, 0.6) is 0 Å². The van der Waals surface area contributed by atoms with Gasteiger partial charge in [-0.25, -0.2) is 4.79 Å². The van der Waals surface area contributed by atoms with E-state index in [1.54, 1.807) is 20.8 Å². The third kappa shape index (κ3) is 6.64. The Labute approximate surface area is 173 Å². The van der Waals surface area contributed by atoms with Crippen molar-refractivity contribution in [3.05, 3.63) is 35.4 Å². The molecule has 3 amide bonds. The maximum absolute atomic E-state index is 13.1. The molecule has 0 unspecified atom stereocenters. The highest BCUT2D eigenvalue weighted by Gasteiger charge is 2.36. The van der Waals surface area contributed by atoms with Crippen LogP contribution in [0.4, 0.5) is 18.0 Å². The Balaban J connectivity index is 1.84. The molecule has 1 saturated heterocycles. The maximum atomic E-state index is 13.1. The van der Waals surface area contributed by atoms with E-state index in [9.17, 15) is 27.6 Å². The fourth-order valence-electron chi connectivity index (χ4n) is 2.99. The van der Waals surface area contributed by atoms with Crippen LogP contribution in [-0.2, 0) is 15.7 Å². The molecule has 166 valence electrons. The van der Waals surface area contributed by atoms with Gasteiger partial charge in [-0.05, 0) is 32.9 Å². The van der Waals surface area contributed by atoms with Crippen molar-refractivity contribution < 1.29 is 32.3 Å². The molecule has 1 heterocycles. The normalized spacial score (nSPS) is 15.0. The molecular formula is C20H26F3N3O4. The topological polar surface area (TPSA) is 79.0 Å². The van der Waals surface area contributed by atoms with Gasteiger partial charge in [-0.15, -0.1) is 0 Å². The lowest BCUT2D eigenvalue weighted by molar-refractivity contribution is -0.138. The van der Waals surface area contributed by atoms with Gasteiger partial charge in [0.25, 0.3) is 5.91 Å². The number of carbonyl (C=O) groups is 3. The van der Waals surface area contributed by atoms with Crippen molar-refractivity contribution in [3.63, 3.8) is 0 Å². The lowest BCUT2D eigenvalue weighted by atomic mass is 10.1. The minimum Gasteiger partial charge on any atom is -0.444 e. The van der Waals surface area contributed by atoms with Gasteiger partial charge in [0.15, 0.2) is 0 Å². The fraction of sp³-hybridized carbons (Fsp3) is 0.550. The molecule has 1 aromatic rings. The Hall–Kier alpha value is -2.78. The molecule has 1 fully saturated rings. The summed E-state index contributed by atoms with van der Waals surface area (Å²) in [4.78, 5) is 39.3. The quantitative estimate of drug-likeness (QED) is 0.798. The van der Waals surface area contributed by atoms with E-state index in [-0.39, 0.29) is 45.1 Å². The highest BCUT2D eigenvalue weighted by molar-refractivity contribution is 5.96. The van der Waals surface area contributed by atoms with E-state index in [0.29, 0.717) is 0 Å². The molecule has 0 aliphatic carbocycles. The number of benzene rings is 1. The van der Waals surface area contributed by atoms with E-state index in [1.807, 2.05) is 0 Å². The molecule has 0 saturated carbocycles. The number of rotatable bonds is 4. The van der Waals surface area contributed by atoms with Crippen LogP contribution in [0, 0.1) is 0 Å². The first-order valence-electron chi connectivity index (χ1n) is 9.58. The Morgan fingerprint density at radius 3 is 2.13 bits per heavy atom. The Morgan fingerprint density at radius 1 is 1.00 bits per heavy atom. The second-order valence-electron chi connectivity index (χ2n) is 7.89. The molecule has 10 heteroatoms. The molecule has 0 spiro atoms. The van der Waals surface area contributed by atoms with Crippen LogP contribution in [0.25, 0.3) is 0 Å². The molecule has 1 aromatic carbocycles. The first kappa shape index (κ1) is 23.5. The maximum Gasteiger partial charge on any atom is 0.417 e. The van der Waals surface area contributed by atoms with Crippen molar-refractivity contribution in [1.82, 2.24) is 15.1 Å². The second kappa shape index (κ2) is 9.36. The van der Waals surface area contributed by atoms with Crippen molar-refractivity contribution in [2.45, 2.75) is 39.0 Å². The summed E-state index contributed by atoms with van der Waals surface area (Å²) in [6.07, 6.45) is -5.18. The van der Waals surface area contributed by atoms with Gasteiger partial charge in [0.1, 0.15) is 5.60 Å². The molecule has 2 rings (SSSR count). The van der Waals surface area contributed by atoms with Gasteiger partial charge in [-0.1, -0.05) is 12.1 Å². The number of carbonyl (C=O) groups excluding carboxylic acids is 3. The number of hydrogen-bond donors (Lipinski definition) is 1. The minimum atomic E-state index is -4.62. The molecule has 0 atom stereocenters. The SMILES string of the molecule is CC(C)(C)OC(=O)NCCC(=O)N1CCN(C(=O)c2ccccc2C(F)(F)F)CC1. The molecular weight excluding hydrogens is 403 g/mol. The van der Waals surface area contributed by atoms with Crippen LogP contribution in [0.3, 0.4) is 0 Å². The monoisotopic (exact) mass is 429 g/mol. The first-order valence-corrected chi connectivity index (χ1v) is 9.58. The van der Waals surface area contributed by atoms with E-state index in [1.165, 1.54) is 21.9 Å². The van der Waals surface area contributed by atoms with E-state index >= 15 is 0 Å². The van der Waals surface area contributed by atoms with Gasteiger partial charge in [-0.3, -0.25) is 9.59 Å². The van der Waals surface area contributed by atoms with Crippen LogP contribution in [0.15, 0.2) is 24.3 Å². The van der Waals surface area contributed by atoms with E-state index in [4.69, 9.17) is 4.74 Å². The molecule has 0 radical (unpaired) electrons. The number of halogens is 3. The Morgan fingerprint density at radius 2 is 1.57 bits per heavy atom. The van der Waals surface area contributed by atoms with Gasteiger partial charge in [0, 0.05) is 39.1 Å². The number of nitrogens with zero attached hydrogens (tertiary/aromatic N) is 2. The zero-order chi connectivity index (χ0) is 22.5. The number of hydrogen-bond acceptors (Lipinski definition) is 4. The number of amides is 3. The third-order valence-electron chi connectivity index (χ3n) is 4.39. The lowest BCUT2D eigenvalue weighted by Crippen LogP contribution is -2.51. The first-order chi connectivity index (χ1) is 13.9. The zero-order valence-corrected chi connectivity index (χ0v) is 17.2. The van der Waals surface area contributed by atoms with Crippen molar-refractivity contribution in [2.24, 2.45) is 0 Å². The molecule has 7 nitrogen and oxygen atoms in total. The highest BCUT2D eigenvalue weighted by Crippen LogP contribution is 2.32. The van der Waals surface area contributed by atoms with E-state index < -0.39 is 34.9 Å². The fourth-order valence-corrected chi connectivity index (χ4v) is 2.99. The average Bonchev–Trinajstić information content (AvgIpc) is 2.65. The summed E-state index contributed by atoms with van der Waals surface area (Å²) in [6, 6.07) is 4.66. The minimum absolute atomic E-state index is 0.0596. The van der Waals surface area contributed by atoms with Crippen LogP contribution >= 0.6 is 0 Å². The van der Waals surface area contributed by atoms with E-state index in [2.05, 4.69) is 5.32 Å². The van der Waals surface area contributed by atoms with Gasteiger partial charge in [0.2, 0.25) is 5.91 Å². The predicted octanol–water partition coefficient (Wildman–Crippen LogP) is 2.90. The van der Waals surface area contributed by atoms with Crippen molar-refractivity contribution >= 4 is 17.9 Å². The van der Waals surface area contributed by atoms with Crippen molar-refractivity contribution in [3.8, 4) is 0 Å². The van der Waals surface area contributed by atoms with Crippen LogP contribution in [0.2, 0.25) is 0 Å². The molecule has 0 aromatic heterocycles. The van der Waals surface area contributed by atoms with Crippen LogP contribution in [0.1, 0.15) is 43.1 Å². The molecule has 1 N–H and O–H groups in total. The van der Waals surface area contributed by atoms with Crippen LogP contribution in [-0.4, -0.2) is 66.0 Å². The number of ether oxygens (including phenoxy) is 1. The number of piperazine rings is 1. The Bertz CT molecular complexity index is 782. The molecule has 0 bridgehead atoms. The zero-order valence-electron chi connectivity index (χ0n) is 17.2. The molecule has 1 aliphatic heterocycles. The number of alkyl halides is 3. The summed E-state index contributed by atoms with van der Waals surface area (Å²) in [7, 11) is 0. The second-order valence-corrected chi connectivity index (χ2v) is 7.89. The smallest absolute Gasteiger partial charge is 0.417 e. The summed E-state index contributed by atoms with van der Waals surface area (Å²) in [5.41, 5.74) is -2.00. The Kier molecular flexibility index (Phi) is 7.33. The highest BCUT2D eigenvalue weighted by atomic mass is 19.4. The van der Waals surface area contributed by atoms with Gasteiger partial charge in [-0.2, -0.15) is 13.2 Å². The standard InChI is InChI=1S/C20H26F3N3O4/c1-19(2,3)30-18(29)24-9-8-16(27)25-10-12-26(13-11-25)17(28)14-6-4-5-7-15(14)20(21,22)23/h4-7H,8-13H2,1-3H3,(H,24,29). The summed E-state index contributed by atoms with van der Waals surface area (Å²) in [5.74, 6) is -0.921. The summed E-state index contributed by atoms with van der Waals surface area (Å²) in [5, 5.41) is 2.50. The summed E-state index contributed by atoms with van der Waals surface area (Å²) in [6.45, 7) is 5.98. The molecule has 1 aliphatic rings. The van der Waals surface area contributed by atoms with E-state index in [0.717, 1.165) is 12.1 Å². The van der Waals surface area contributed by atoms with Gasteiger partial charge >= 0.3 is 12.3 Å². The molecule has 30 heavy (non-hydrogen) atoms. The third-order valence-corrected chi connectivity index (χ3v) is 4.39.